The molecule has 0 spiro atoms. The van der Waals surface area contributed by atoms with Gasteiger partial charge in [0.15, 0.2) is 0 Å². The highest BCUT2D eigenvalue weighted by Crippen LogP contribution is 2.23. The van der Waals surface area contributed by atoms with E-state index in [2.05, 4.69) is 14.1 Å². The van der Waals surface area contributed by atoms with Crippen molar-refractivity contribution in [3.8, 4) is 0 Å². The van der Waals surface area contributed by atoms with Gasteiger partial charge in [0.05, 0.1) is 6.10 Å². The first-order valence-corrected chi connectivity index (χ1v) is 5.92. The SMILES string of the molecule is NCC(O)CC1CCCCN1P.OP. The minimum Gasteiger partial charge on any atom is -0.392 e. The van der Waals surface area contributed by atoms with Crippen LogP contribution in [0.25, 0.3) is 0 Å². The summed E-state index contributed by atoms with van der Waals surface area (Å²) in [5.41, 5.74) is 5.36. The lowest BCUT2D eigenvalue weighted by molar-refractivity contribution is 0.127. The fraction of sp³-hybridized carbons (Fsp3) is 1.00. The van der Waals surface area contributed by atoms with Crippen LogP contribution in [0, 0.1) is 0 Å². The predicted octanol–water partition coefficient (Wildman–Crippen LogP) is 0.109. The molecule has 86 valence electrons. The monoisotopic (exact) mass is 240 g/mol. The van der Waals surface area contributed by atoms with Crippen LogP contribution in [0.15, 0.2) is 0 Å². The van der Waals surface area contributed by atoms with E-state index in [0.717, 1.165) is 13.0 Å². The van der Waals surface area contributed by atoms with E-state index < -0.39 is 0 Å². The number of hydrogen-bond acceptors (Lipinski definition) is 4. The minimum absolute atomic E-state index is 0.323. The third-order valence-corrected chi connectivity index (χ3v) is 3.17. The van der Waals surface area contributed by atoms with Crippen molar-refractivity contribution in [3.63, 3.8) is 0 Å². The lowest BCUT2D eigenvalue weighted by atomic mass is 9.99. The summed E-state index contributed by atoms with van der Waals surface area (Å²) in [5.74, 6) is 0. The van der Waals surface area contributed by atoms with E-state index in [1.54, 1.807) is 0 Å². The lowest BCUT2D eigenvalue weighted by Crippen LogP contribution is -2.36. The quantitative estimate of drug-likeness (QED) is 0.612. The Morgan fingerprint density at radius 2 is 2.07 bits per heavy atom. The molecule has 1 aliphatic rings. The summed E-state index contributed by atoms with van der Waals surface area (Å²) >= 11 is 0. The van der Waals surface area contributed by atoms with E-state index in [1.807, 2.05) is 0 Å². The van der Waals surface area contributed by atoms with Crippen LogP contribution < -0.4 is 5.73 Å². The molecule has 0 aromatic rings. The molecule has 1 aliphatic heterocycles. The first-order valence-electron chi connectivity index (χ1n) is 4.89. The van der Waals surface area contributed by atoms with Gasteiger partial charge in [-0.1, -0.05) is 15.8 Å². The number of nitrogens with zero attached hydrogens (tertiary/aromatic N) is 1. The molecule has 0 aliphatic carbocycles. The van der Waals surface area contributed by atoms with E-state index in [9.17, 15) is 5.11 Å². The summed E-state index contributed by atoms with van der Waals surface area (Å²) in [7, 11) is 4.15. The van der Waals surface area contributed by atoms with Crippen molar-refractivity contribution in [3.05, 3.63) is 0 Å². The smallest absolute Gasteiger partial charge is 0.0677 e. The van der Waals surface area contributed by atoms with Gasteiger partial charge in [-0.2, -0.15) is 0 Å². The molecule has 0 bridgehead atoms. The van der Waals surface area contributed by atoms with Crippen molar-refractivity contribution in [1.29, 1.82) is 0 Å². The van der Waals surface area contributed by atoms with Gasteiger partial charge in [-0.25, -0.2) is 0 Å². The second kappa shape index (κ2) is 8.96. The topological polar surface area (TPSA) is 69.7 Å². The zero-order valence-corrected chi connectivity index (χ0v) is 10.8. The number of aliphatic hydroxyl groups is 1. The number of aliphatic hydroxyl groups excluding tert-OH is 1. The Balaban J connectivity index is 0.000000791. The first-order chi connectivity index (χ1) is 6.74. The van der Waals surface area contributed by atoms with Gasteiger partial charge in [0, 0.05) is 19.1 Å². The molecule has 1 saturated heterocycles. The highest BCUT2D eigenvalue weighted by atomic mass is 31.0. The number of piperidine rings is 1. The van der Waals surface area contributed by atoms with E-state index in [1.165, 1.54) is 28.7 Å². The number of nitrogens with two attached hydrogens (primary N) is 1. The summed E-state index contributed by atoms with van der Waals surface area (Å²) < 4.78 is 2.25. The summed E-state index contributed by atoms with van der Waals surface area (Å²) in [6.07, 6.45) is 4.25. The minimum atomic E-state index is -0.323. The van der Waals surface area contributed by atoms with Crippen molar-refractivity contribution >= 4 is 18.9 Å². The second-order valence-electron chi connectivity index (χ2n) is 3.51. The summed E-state index contributed by atoms with van der Waals surface area (Å²) in [6.45, 7) is 1.52. The lowest BCUT2D eigenvalue weighted by Gasteiger charge is -2.33. The molecule has 0 aromatic heterocycles. The maximum Gasteiger partial charge on any atom is 0.0677 e. The third-order valence-electron chi connectivity index (χ3n) is 2.49. The first kappa shape index (κ1) is 14.7. The highest BCUT2D eigenvalue weighted by Gasteiger charge is 2.21. The van der Waals surface area contributed by atoms with Crippen LogP contribution >= 0.6 is 18.9 Å². The van der Waals surface area contributed by atoms with Gasteiger partial charge in [-0.05, 0) is 28.7 Å². The molecular weight excluding hydrogens is 218 g/mol. The largest absolute Gasteiger partial charge is 0.392 e. The van der Waals surface area contributed by atoms with Crippen molar-refractivity contribution < 1.29 is 10.00 Å². The van der Waals surface area contributed by atoms with Gasteiger partial charge in [0.2, 0.25) is 0 Å². The highest BCUT2D eigenvalue weighted by molar-refractivity contribution is 7.13. The molecule has 14 heavy (non-hydrogen) atoms. The van der Waals surface area contributed by atoms with Crippen molar-refractivity contribution in [1.82, 2.24) is 4.67 Å². The predicted molar refractivity (Wildman–Crippen MR) is 65.7 cm³/mol. The third kappa shape index (κ3) is 5.55. The molecule has 1 heterocycles. The Labute approximate surface area is 90.8 Å². The average molecular weight is 240 g/mol. The Morgan fingerprint density at radius 3 is 2.57 bits per heavy atom. The molecule has 0 amide bonds. The van der Waals surface area contributed by atoms with Gasteiger partial charge in [0.1, 0.15) is 0 Å². The normalized spacial score (nSPS) is 25.1. The molecule has 4 nitrogen and oxygen atoms in total. The standard InChI is InChI=1S/C8H19N2OP.H3OP/c9-6-8(11)5-7-3-1-2-4-10(7)12;1-2/h7-8,11H,1-6,9,12H2;1H,2H2. The molecule has 0 radical (unpaired) electrons. The zero-order chi connectivity index (χ0) is 11.0. The summed E-state index contributed by atoms with van der Waals surface area (Å²) in [6, 6.07) is 0.516. The summed E-state index contributed by atoms with van der Waals surface area (Å²) in [5, 5.41) is 9.37. The van der Waals surface area contributed by atoms with E-state index in [0.29, 0.717) is 12.6 Å². The van der Waals surface area contributed by atoms with E-state index in [4.69, 9.17) is 10.6 Å². The molecule has 1 rings (SSSR count). The van der Waals surface area contributed by atoms with Crippen LogP contribution in [0.5, 0.6) is 0 Å². The van der Waals surface area contributed by atoms with Gasteiger partial charge in [0.25, 0.3) is 0 Å². The maximum atomic E-state index is 9.37. The van der Waals surface area contributed by atoms with Crippen LogP contribution in [-0.2, 0) is 0 Å². The Bertz CT molecular complexity index is 141. The molecule has 4 N–H and O–H groups in total. The van der Waals surface area contributed by atoms with E-state index in [-0.39, 0.29) is 6.10 Å². The Morgan fingerprint density at radius 1 is 1.43 bits per heavy atom. The fourth-order valence-electron chi connectivity index (χ4n) is 1.69. The number of hydrogen-bond donors (Lipinski definition) is 3. The molecule has 6 heteroatoms. The Hall–Kier alpha value is 0.700. The van der Waals surface area contributed by atoms with Crippen molar-refractivity contribution in [2.75, 3.05) is 13.1 Å². The van der Waals surface area contributed by atoms with Gasteiger partial charge < -0.3 is 15.7 Å². The van der Waals surface area contributed by atoms with E-state index >= 15 is 0 Å². The van der Waals surface area contributed by atoms with Crippen LogP contribution in [0.2, 0.25) is 0 Å². The van der Waals surface area contributed by atoms with Crippen molar-refractivity contribution in [2.45, 2.75) is 37.8 Å². The molecule has 4 unspecified atom stereocenters. The molecule has 4 atom stereocenters. The zero-order valence-electron chi connectivity index (χ0n) is 8.47. The van der Waals surface area contributed by atoms with Crippen LogP contribution in [0.4, 0.5) is 0 Å². The maximum absolute atomic E-state index is 9.37. The van der Waals surface area contributed by atoms with Crippen molar-refractivity contribution in [2.24, 2.45) is 5.73 Å². The van der Waals surface area contributed by atoms with Gasteiger partial charge >= 0.3 is 0 Å². The van der Waals surface area contributed by atoms with Gasteiger partial charge in [-0.3, -0.25) is 4.67 Å². The van der Waals surface area contributed by atoms with Crippen LogP contribution in [0.3, 0.4) is 0 Å². The molecule has 1 fully saturated rings. The molecule has 0 aromatic carbocycles. The second-order valence-corrected chi connectivity index (χ2v) is 4.18. The molecular formula is C8H22N2O2P2. The average Bonchev–Trinajstić information content (AvgIpc) is 2.24. The summed E-state index contributed by atoms with van der Waals surface area (Å²) in [4.78, 5) is 6.92. The van der Waals surface area contributed by atoms with Crippen LogP contribution in [0.1, 0.15) is 25.7 Å². The van der Waals surface area contributed by atoms with Crippen LogP contribution in [-0.4, -0.2) is 39.9 Å². The fourth-order valence-corrected chi connectivity index (χ4v) is 2.14. The Kier molecular flexibility index (Phi) is 9.41. The number of rotatable bonds is 3. The van der Waals surface area contributed by atoms with Gasteiger partial charge in [-0.15, -0.1) is 0 Å². The molecule has 0 saturated carbocycles.